The van der Waals surface area contributed by atoms with Crippen LogP contribution >= 0.6 is 0 Å². The first-order valence-electron chi connectivity index (χ1n) is 5.68. The van der Waals surface area contributed by atoms with Crippen molar-refractivity contribution in [1.29, 1.82) is 0 Å². The lowest BCUT2D eigenvalue weighted by atomic mass is 10.1. The van der Waals surface area contributed by atoms with Crippen LogP contribution in [-0.4, -0.2) is 11.2 Å². The molecule has 0 aliphatic rings. The molecule has 1 rings (SSSR count). The summed E-state index contributed by atoms with van der Waals surface area (Å²) in [6, 6.07) is 9.59. The number of hydrogen-bond donors (Lipinski definition) is 2. The molecule has 0 bridgehead atoms. The highest BCUT2D eigenvalue weighted by molar-refractivity contribution is 5.88. The summed E-state index contributed by atoms with van der Waals surface area (Å²) in [7, 11) is 0. The van der Waals surface area contributed by atoms with E-state index in [2.05, 4.69) is 10.2 Å². The standard InChI is InChI=1S/C14H17NO3/c1-3-13(18-17)9-10-14(16)15-11(2)12-7-5-4-6-8-12/h3-11,17H,1-2H3,(H,15,16)/b10-9+,13-3+. The van der Waals surface area contributed by atoms with Crippen LogP contribution in [-0.2, 0) is 9.68 Å². The van der Waals surface area contributed by atoms with Gasteiger partial charge in [-0.2, -0.15) is 0 Å². The summed E-state index contributed by atoms with van der Waals surface area (Å²) in [5.41, 5.74) is 1.03. The Labute approximate surface area is 107 Å². The van der Waals surface area contributed by atoms with Crippen molar-refractivity contribution >= 4 is 5.91 Å². The Hall–Kier alpha value is -2.07. The maximum atomic E-state index is 11.6. The molecule has 1 amide bonds. The highest BCUT2D eigenvalue weighted by Gasteiger charge is 2.06. The predicted octanol–water partition coefficient (Wildman–Crippen LogP) is 2.81. The predicted molar refractivity (Wildman–Crippen MR) is 69.6 cm³/mol. The first-order chi connectivity index (χ1) is 8.67. The molecule has 1 aromatic carbocycles. The second-order valence-corrected chi connectivity index (χ2v) is 3.76. The van der Waals surface area contributed by atoms with E-state index in [-0.39, 0.29) is 17.7 Å². The van der Waals surface area contributed by atoms with Gasteiger partial charge in [-0.1, -0.05) is 30.3 Å². The average Bonchev–Trinajstić information content (AvgIpc) is 2.41. The van der Waals surface area contributed by atoms with Gasteiger partial charge in [0.25, 0.3) is 0 Å². The zero-order valence-electron chi connectivity index (χ0n) is 10.5. The van der Waals surface area contributed by atoms with Gasteiger partial charge < -0.3 is 10.2 Å². The summed E-state index contributed by atoms with van der Waals surface area (Å²) >= 11 is 0. The van der Waals surface area contributed by atoms with E-state index in [0.29, 0.717) is 0 Å². The highest BCUT2D eigenvalue weighted by atomic mass is 17.1. The number of nitrogens with one attached hydrogen (secondary N) is 1. The van der Waals surface area contributed by atoms with Gasteiger partial charge in [-0.3, -0.25) is 4.79 Å². The zero-order valence-corrected chi connectivity index (χ0v) is 10.5. The normalized spacial score (nSPS) is 13.4. The summed E-state index contributed by atoms with van der Waals surface area (Å²) < 4.78 is 0. The summed E-state index contributed by atoms with van der Waals surface area (Å²) in [6.07, 6.45) is 4.25. The van der Waals surface area contributed by atoms with Gasteiger partial charge in [0.2, 0.25) is 5.91 Å². The highest BCUT2D eigenvalue weighted by Crippen LogP contribution is 2.10. The van der Waals surface area contributed by atoms with Crippen LogP contribution in [0.15, 0.2) is 54.3 Å². The lowest BCUT2D eigenvalue weighted by Crippen LogP contribution is -2.24. The van der Waals surface area contributed by atoms with E-state index < -0.39 is 0 Å². The van der Waals surface area contributed by atoms with Crippen LogP contribution in [0, 0.1) is 0 Å². The smallest absolute Gasteiger partial charge is 0.244 e. The number of allylic oxidation sites excluding steroid dienone is 2. The van der Waals surface area contributed by atoms with E-state index in [1.807, 2.05) is 37.3 Å². The first-order valence-corrected chi connectivity index (χ1v) is 5.68. The molecule has 1 aromatic rings. The fourth-order valence-corrected chi connectivity index (χ4v) is 1.42. The Morgan fingerprint density at radius 1 is 1.33 bits per heavy atom. The van der Waals surface area contributed by atoms with Gasteiger partial charge >= 0.3 is 0 Å². The number of rotatable bonds is 5. The quantitative estimate of drug-likeness (QED) is 0.276. The maximum Gasteiger partial charge on any atom is 0.244 e. The Morgan fingerprint density at radius 2 is 2.00 bits per heavy atom. The molecule has 0 heterocycles. The molecule has 0 aromatic heterocycles. The molecule has 4 nitrogen and oxygen atoms in total. The topological polar surface area (TPSA) is 58.6 Å². The molecule has 0 spiro atoms. The third-order valence-corrected chi connectivity index (χ3v) is 2.45. The van der Waals surface area contributed by atoms with Gasteiger partial charge in [0.05, 0.1) is 6.04 Å². The minimum atomic E-state index is -0.247. The molecule has 0 radical (unpaired) electrons. The Morgan fingerprint density at radius 3 is 2.56 bits per heavy atom. The molecule has 18 heavy (non-hydrogen) atoms. The molecule has 0 aliphatic heterocycles. The number of benzene rings is 1. The van der Waals surface area contributed by atoms with Crippen LogP contribution in [0.5, 0.6) is 0 Å². The van der Waals surface area contributed by atoms with E-state index >= 15 is 0 Å². The van der Waals surface area contributed by atoms with Crippen molar-refractivity contribution in [2.45, 2.75) is 19.9 Å². The molecule has 2 N–H and O–H groups in total. The van der Waals surface area contributed by atoms with Gasteiger partial charge in [0.15, 0.2) is 5.76 Å². The van der Waals surface area contributed by atoms with E-state index in [0.717, 1.165) is 5.56 Å². The van der Waals surface area contributed by atoms with Crippen molar-refractivity contribution in [1.82, 2.24) is 5.32 Å². The van der Waals surface area contributed by atoms with Crippen molar-refractivity contribution in [3.63, 3.8) is 0 Å². The lowest BCUT2D eigenvalue weighted by molar-refractivity contribution is -0.198. The molecule has 0 aliphatic carbocycles. The first kappa shape index (κ1) is 14.0. The van der Waals surface area contributed by atoms with Crippen LogP contribution in [0.4, 0.5) is 0 Å². The second kappa shape index (κ2) is 7.29. The van der Waals surface area contributed by atoms with Crippen LogP contribution in [0.1, 0.15) is 25.5 Å². The number of hydrogen-bond acceptors (Lipinski definition) is 3. The van der Waals surface area contributed by atoms with Crippen LogP contribution in [0.2, 0.25) is 0 Å². The third kappa shape index (κ3) is 4.43. The van der Waals surface area contributed by atoms with E-state index in [9.17, 15) is 4.79 Å². The van der Waals surface area contributed by atoms with Crippen molar-refractivity contribution in [3.05, 3.63) is 59.9 Å². The van der Waals surface area contributed by atoms with Crippen molar-refractivity contribution < 1.29 is 14.9 Å². The van der Waals surface area contributed by atoms with Gasteiger partial charge in [-0.05, 0) is 31.6 Å². The van der Waals surface area contributed by atoms with Crippen molar-refractivity contribution in [2.75, 3.05) is 0 Å². The molecule has 0 fully saturated rings. The van der Waals surface area contributed by atoms with Gasteiger partial charge in [-0.25, -0.2) is 5.26 Å². The summed E-state index contributed by atoms with van der Waals surface area (Å²) in [5.74, 6) is -0.0275. The number of carbonyl (C=O) groups is 1. The summed E-state index contributed by atoms with van der Waals surface area (Å²) in [4.78, 5) is 15.6. The van der Waals surface area contributed by atoms with Crippen molar-refractivity contribution in [2.24, 2.45) is 0 Å². The molecular formula is C14H17NO3. The largest absolute Gasteiger partial charge is 0.346 e. The second-order valence-electron chi connectivity index (χ2n) is 3.76. The molecule has 0 saturated heterocycles. The number of amides is 1. The van der Waals surface area contributed by atoms with E-state index in [4.69, 9.17) is 5.26 Å². The summed E-state index contributed by atoms with van der Waals surface area (Å²) in [5, 5.41) is 11.3. The maximum absolute atomic E-state index is 11.6. The lowest BCUT2D eigenvalue weighted by Gasteiger charge is -2.12. The Kier molecular flexibility index (Phi) is 5.67. The van der Waals surface area contributed by atoms with Crippen molar-refractivity contribution in [3.8, 4) is 0 Å². The van der Waals surface area contributed by atoms with Crippen LogP contribution in [0.25, 0.3) is 0 Å². The molecular weight excluding hydrogens is 230 g/mol. The minimum Gasteiger partial charge on any atom is -0.346 e. The van der Waals surface area contributed by atoms with E-state index in [1.54, 1.807) is 13.0 Å². The summed E-state index contributed by atoms with van der Waals surface area (Å²) in [6.45, 7) is 3.60. The van der Waals surface area contributed by atoms with Crippen LogP contribution < -0.4 is 5.32 Å². The third-order valence-electron chi connectivity index (χ3n) is 2.45. The van der Waals surface area contributed by atoms with Gasteiger partial charge in [0, 0.05) is 6.08 Å². The molecule has 0 saturated carbocycles. The van der Waals surface area contributed by atoms with Gasteiger partial charge in [0.1, 0.15) is 0 Å². The number of carbonyl (C=O) groups excluding carboxylic acids is 1. The van der Waals surface area contributed by atoms with Gasteiger partial charge in [-0.15, -0.1) is 0 Å². The minimum absolute atomic E-state index is 0.0764. The molecule has 1 unspecified atom stereocenters. The zero-order chi connectivity index (χ0) is 13.4. The average molecular weight is 247 g/mol. The fourth-order valence-electron chi connectivity index (χ4n) is 1.42. The molecule has 96 valence electrons. The Balaban J connectivity index is 2.55. The Bertz CT molecular complexity index is 438. The molecule has 4 heteroatoms. The SMILES string of the molecule is C/C=C(\C=C\C(=O)NC(C)c1ccccc1)OO. The monoisotopic (exact) mass is 247 g/mol. The fraction of sp³-hybridized carbons (Fsp3) is 0.214. The molecule has 1 atom stereocenters. The van der Waals surface area contributed by atoms with Crippen LogP contribution in [0.3, 0.4) is 0 Å². The van der Waals surface area contributed by atoms with E-state index in [1.165, 1.54) is 12.2 Å².